The molecule has 0 N–H and O–H groups in total. The van der Waals surface area contributed by atoms with Crippen LogP contribution in [0.5, 0.6) is 11.6 Å². The highest BCUT2D eigenvalue weighted by atomic mass is 19.3. The number of halogens is 2. The fourth-order valence-corrected chi connectivity index (χ4v) is 7.86. The molecule has 6 rings (SSSR count). The number of esters is 1. The Morgan fingerprint density at radius 1 is 1.09 bits per heavy atom. The largest absolute Gasteiger partial charge is 0.497 e. The van der Waals surface area contributed by atoms with Crippen molar-refractivity contribution in [3.05, 3.63) is 23.9 Å². The quantitative estimate of drug-likeness (QED) is 0.305. The molecule has 2 bridgehead atoms. The number of nitrogens with zero attached hydrogens (tertiary/aromatic N) is 3. The summed E-state index contributed by atoms with van der Waals surface area (Å²) < 4.78 is 55.4. The third kappa shape index (κ3) is 6.54. The van der Waals surface area contributed by atoms with Crippen molar-refractivity contribution in [3.63, 3.8) is 0 Å². The second-order valence-corrected chi connectivity index (χ2v) is 14.2. The van der Waals surface area contributed by atoms with Gasteiger partial charge in [0, 0.05) is 37.5 Å². The van der Waals surface area contributed by atoms with Gasteiger partial charge in [0.25, 0.3) is 5.92 Å². The molecule has 10 nitrogen and oxygen atoms in total. The number of rotatable bonds is 4. The molecule has 2 saturated heterocycles. The van der Waals surface area contributed by atoms with Gasteiger partial charge in [-0.05, 0) is 63.0 Å². The van der Waals surface area contributed by atoms with Crippen molar-refractivity contribution >= 4 is 29.2 Å². The van der Waals surface area contributed by atoms with E-state index in [1.54, 1.807) is 18.2 Å². The molecule has 6 atom stereocenters. The third-order valence-corrected chi connectivity index (χ3v) is 11.1. The van der Waals surface area contributed by atoms with Crippen molar-refractivity contribution in [2.45, 2.75) is 102 Å². The second-order valence-electron chi connectivity index (χ2n) is 14.2. The number of alkyl halides is 2. The molecule has 1 aliphatic carbocycles. The van der Waals surface area contributed by atoms with Crippen LogP contribution in [0.1, 0.15) is 84.3 Å². The van der Waals surface area contributed by atoms with E-state index in [0.29, 0.717) is 63.0 Å². The first-order valence-corrected chi connectivity index (χ1v) is 16.9. The van der Waals surface area contributed by atoms with E-state index in [4.69, 9.17) is 18.9 Å². The fourth-order valence-electron chi connectivity index (χ4n) is 7.86. The molecule has 1 aromatic carbocycles. The first-order valence-electron chi connectivity index (χ1n) is 16.9. The van der Waals surface area contributed by atoms with Gasteiger partial charge in [0.15, 0.2) is 5.69 Å². The van der Waals surface area contributed by atoms with Crippen molar-refractivity contribution < 1.29 is 42.1 Å². The van der Waals surface area contributed by atoms with E-state index in [2.05, 4.69) is 9.97 Å². The Bertz CT molecular complexity index is 1520. The van der Waals surface area contributed by atoms with Crippen molar-refractivity contribution in [2.24, 2.45) is 23.2 Å². The zero-order valence-electron chi connectivity index (χ0n) is 27.6. The summed E-state index contributed by atoms with van der Waals surface area (Å²) in [4.78, 5) is 51.1. The second kappa shape index (κ2) is 12.9. The minimum Gasteiger partial charge on any atom is -0.497 e. The van der Waals surface area contributed by atoms with Crippen LogP contribution in [0, 0.1) is 23.2 Å². The van der Waals surface area contributed by atoms with E-state index in [1.807, 2.05) is 20.8 Å². The molecule has 3 aliphatic heterocycles. The lowest BCUT2D eigenvalue weighted by Gasteiger charge is -2.41. The predicted octanol–water partition coefficient (Wildman–Crippen LogP) is 5.63. The Labute approximate surface area is 273 Å². The van der Waals surface area contributed by atoms with Crippen LogP contribution in [0.25, 0.3) is 11.0 Å². The number of amides is 1. The van der Waals surface area contributed by atoms with Crippen molar-refractivity contribution in [3.8, 4) is 11.6 Å². The van der Waals surface area contributed by atoms with Gasteiger partial charge in [-0.2, -0.15) is 8.78 Å². The fraction of sp³-hybridized carbons (Fsp3) is 0.686. The van der Waals surface area contributed by atoms with E-state index in [-0.39, 0.29) is 42.6 Å². The average Bonchev–Trinajstić information content (AvgIpc) is 3.54. The van der Waals surface area contributed by atoms with Gasteiger partial charge < -0.3 is 28.6 Å². The summed E-state index contributed by atoms with van der Waals surface area (Å²) in [6.07, 6.45) is 2.96. The summed E-state index contributed by atoms with van der Waals surface area (Å²) in [5.41, 5.74) is -1.20. The zero-order valence-corrected chi connectivity index (χ0v) is 27.6. The Morgan fingerprint density at radius 2 is 1.85 bits per heavy atom. The Balaban J connectivity index is 1.42. The highest BCUT2D eigenvalue weighted by Crippen LogP contribution is 2.51. The lowest BCUT2D eigenvalue weighted by molar-refractivity contribution is -0.160. The third-order valence-electron chi connectivity index (χ3n) is 11.1. The number of carbonyl (C=O) groups is 3. The van der Waals surface area contributed by atoms with Crippen molar-refractivity contribution in [1.82, 2.24) is 14.9 Å². The van der Waals surface area contributed by atoms with Crippen LogP contribution in [0.3, 0.4) is 0 Å². The maximum absolute atomic E-state index is 16.1. The van der Waals surface area contributed by atoms with Crippen LogP contribution in [0.2, 0.25) is 0 Å². The number of methoxy groups -OCH3 is 1. The zero-order chi connectivity index (χ0) is 33.6. The van der Waals surface area contributed by atoms with Gasteiger partial charge in [0.1, 0.15) is 23.7 Å². The monoisotopic (exact) mass is 657 g/mol. The van der Waals surface area contributed by atoms with E-state index in [1.165, 1.54) is 12.0 Å². The SMILES string of the molecule is CC[C@@H]1[C@@H]2CN(C(=O)[C@H](C3(C)CCOCC3)CC(=O)O[C@]3(C)C[C@H]3CCCCC(F)(F)c3nc4ccc(OC)cc4nc3O2)[C@@H]1C=O. The lowest BCUT2D eigenvalue weighted by atomic mass is 9.69. The molecule has 256 valence electrons. The number of aldehydes is 1. The highest BCUT2D eigenvalue weighted by Gasteiger charge is 2.55. The number of fused-ring (bicyclic) bond motifs is 5. The summed E-state index contributed by atoms with van der Waals surface area (Å²) in [6.45, 7) is 6.62. The standard InChI is InChI=1S/C35H45F2N3O7/c1-5-23-27(20-41)40-19-28(23)46-31-30(38-25-10-9-22(44-4)16-26(25)39-31)35(36,37)11-7-6-8-21-18-34(21,3)47-29(42)17-24(32(40)43)33(2)12-14-45-15-13-33/h9-10,16,20-21,23-24,27-28H,5-8,11-15,17-19H2,1-4H3/t21-,23+,24-,27-,28+,34-/m1/s1. The highest BCUT2D eigenvalue weighted by molar-refractivity contribution is 5.87. The smallest absolute Gasteiger partial charge is 0.307 e. The van der Waals surface area contributed by atoms with E-state index in [0.717, 1.165) is 6.29 Å². The van der Waals surface area contributed by atoms with Gasteiger partial charge in [-0.3, -0.25) is 9.59 Å². The molecule has 12 heteroatoms. The van der Waals surface area contributed by atoms with Gasteiger partial charge in [0.2, 0.25) is 11.8 Å². The Kier molecular flexibility index (Phi) is 9.19. The molecule has 2 aromatic rings. The number of aromatic nitrogens is 2. The molecular weight excluding hydrogens is 612 g/mol. The molecule has 4 aliphatic rings. The van der Waals surface area contributed by atoms with Gasteiger partial charge >= 0.3 is 5.97 Å². The molecular formula is C35H45F2N3O7. The van der Waals surface area contributed by atoms with Crippen LogP contribution >= 0.6 is 0 Å². The lowest BCUT2D eigenvalue weighted by Crippen LogP contribution is -2.49. The summed E-state index contributed by atoms with van der Waals surface area (Å²) in [5.74, 6) is -5.18. The topological polar surface area (TPSA) is 117 Å². The first kappa shape index (κ1) is 33.5. The number of carbonyl (C=O) groups excluding carboxylic acids is 3. The maximum atomic E-state index is 16.1. The molecule has 47 heavy (non-hydrogen) atoms. The Hall–Kier alpha value is -3.41. The number of hydrogen-bond donors (Lipinski definition) is 0. The van der Waals surface area contributed by atoms with Gasteiger partial charge in [-0.25, -0.2) is 9.97 Å². The first-order chi connectivity index (χ1) is 22.4. The van der Waals surface area contributed by atoms with Gasteiger partial charge in [-0.15, -0.1) is 0 Å². The van der Waals surface area contributed by atoms with Gasteiger partial charge in [0.05, 0.1) is 43.1 Å². The minimum absolute atomic E-state index is 0.0263. The average molecular weight is 658 g/mol. The molecule has 1 amide bonds. The molecule has 1 saturated carbocycles. The predicted molar refractivity (Wildman–Crippen MR) is 167 cm³/mol. The van der Waals surface area contributed by atoms with E-state index in [9.17, 15) is 14.4 Å². The summed E-state index contributed by atoms with van der Waals surface area (Å²) in [7, 11) is 1.50. The van der Waals surface area contributed by atoms with Crippen LogP contribution in [-0.2, 0) is 29.8 Å². The number of benzene rings is 1. The molecule has 3 fully saturated rings. The number of hydrogen-bond acceptors (Lipinski definition) is 9. The van der Waals surface area contributed by atoms with Gasteiger partial charge in [-0.1, -0.05) is 20.3 Å². The van der Waals surface area contributed by atoms with Crippen LogP contribution in [0.15, 0.2) is 18.2 Å². The van der Waals surface area contributed by atoms with Crippen molar-refractivity contribution in [1.29, 1.82) is 0 Å². The Morgan fingerprint density at radius 3 is 2.55 bits per heavy atom. The molecule has 0 radical (unpaired) electrons. The van der Waals surface area contributed by atoms with Crippen LogP contribution in [-0.4, -0.2) is 77.6 Å². The van der Waals surface area contributed by atoms with Crippen molar-refractivity contribution in [2.75, 3.05) is 26.9 Å². The molecule has 1 aromatic heterocycles. The van der Waals surface area contributed by atoms with E-state index >= 15 is 8.78 Å². The number of ether oxygens (including phenoxy) is 4. The molecule has 0 unspecified atom stereocenters. The molecule has 4 heterocycles. The summed E-state index contributed by atoms with van der Waals surface area (Å²) in [5, 5.41) is 0. The summed E-state index contributed by atoms with van der Waals surface area (Å²) in [6, 6.07) is 3.96. The summed E-state index contributed by atoms with van der Waals surface area (Å²) >= 11 is 0. The molecule has 0 spiro atoms. The minimum atomic E-state index is -3.36. The van der Waals surface area contributed by atoms with Crippen LogP contribution in [0.4, 0.5) is 8.78 Å². The van der Waals surface area contributed by atoms with Crippen LogP contribution < -0.4 is 9.47 Å². The normalized spacial score (nSPS) is 32.6. The van der Waals surface area contributed by atoms with E-state index < -0.39 is 59.0 Å². The maximum Gasteiger partial charge on any atom is 0.307 e.